The van der Waals surface area contributed by atoms with E-state index in [1.807, 2.05) is 31.5 Å². The highest BCUT2D eigenvalue weighted by Crippen LogP contribution is 2.38. The Morgan fingerprint density at radius 1 is 1.35 bits per heavy atom. The van der Waals surface area contributed by atoms with Gasteiger partial charge >= 0.3 is 16.2 Å². The average molecular weight is 459 g/mol. The van der Waals surface area contributed by atoms with Crippen LogP contribution in [-0.4, -0.2) is 24.1 Å². The second kappa shape index (κ2) is 8.91. The summed E-state index contributed by atoms with van der Waals surface area (Å²) < 4.78 is 31.5. The number of nitrogens with two attached hydrogens (primary N) is 1. The maximum absolute atomic E-state index is 12.6. The molecule has 0 bridgehead atoms. The molecule has 31 heavy (non-hydrogen) atoms. The highest BCUT2D eigenvalue weighted by atomic mass is 32.3. The zero-order chi connectivity index (χ0) is 22.8. The van der Waals surface area contributed by atoms with E-state index < -0.39 is 16.2 Å². The number of amides is 1. The molecule has 162 valence electrons. The number of carbonyl (C=O) groups is 1. The van der Waals surface area contributed by atoms with Gasteiger partial charge in [0.1, 0.15) is 5.82 Å². The van der Waals surface area contributed by atoms with E-state index in [0.717, 1.165) is 27.6 Å². The molecule has 3 aromatic rings. The fourth-order valence-corrected chi connectivity index (χ4v) is 5.89. The van der Waals surface area contributed by atoms with Crippen LogP contribution in [-0.2, 0) is 27.3 Å². The van der Waals surface area contributed by atoms with Crippen LogP contribution in [0.15, 0.2) is 40.9 Å². The Bertz CT molecular complexity index is 1270. The van der Waals surface area contributed by atoms with Crippen molar-refractivity contribution >= 4 is 27.5 Å². The maximum atomic E-state index is 12.6. The Hall–Kier alpha value is -3.16. The predicted octanol–water partition coefficient (Wildman–Crippen LogP) is 3.82. The van der Waals surface area contributed by atoms with Gasteiger partial charge in [0.25, 0.3) is 0 Å². The third-order valence-corrected chi connectivity index (χ3v) is 7.46. The Labute approximate surface area is 185 Å². The van der Waals surface area contributed by atoms with Gasteiger partial charge in [-0.3, -0.25) is 0 Å². The summed E-state index contributed by atoms with van der Waals surface area (Å²) in [6, 6.07) is 9.14. The van der Waals surface area contributed by atoms with Crippen LogP contribution < -0.4 is 5.73 Å². The number of benzene rings is 1. The number of nitrogens with zero attached hydrogens (tertiary/aromatic N) is 3. The standard InChI is InChI=1S/C21H22N4O4S2/c1-13(2)8-18-10-19(20(30-18)31(27,28)29-21(23)26)15-4-5-16(17(9-15)11-22)12-25-7-6-24-14(25)3/h4-7,9-10,13H,8,12H2,1-3H3,(H2,23,26). The van der Waals surface area contributed by atoms with Crippen molar-refractivity contribution in [1.29, 1.82) is 5.26 Å². The lowest BCUT2D eigenvalue weighted by Gasteiger charge is -2.10. The highest BCUT2D eigenvalue weighted by Gasteiger charge is 2.27. The minimum Gasteiger partial charge on any atom is -0.334 e. The molecule has 2 N–H and O–H groups in total. The Kier molecular flexibility index (Phi) is 6.48. The first-order valence-electron chi connectivity index (χ1n) is 9.48. The van der Waals surface area contributed by atoms with Crippen LogP contribution >= 0.6 is 11.3 Å². The number of imidazole rings is 1. The van der Waals surface area contributed by atoms with Crippen molar-refractivity contribution in [3.05, 3.63) is 58.5 Å². The van der Waals surface area contributed by atoms with Crippen molar-refractivity contribution in [2.24, 2.45) is 11.7 Å². The van der Waals surface area contributed by atoms with Gasteiger partial charge in [0.05, 0.1) is 18.2 Å². The van der Waals surface area contributed by atoms with Crippen molar-refractivity contribution in [2.75, 3.05) is 0 Å². The quantitative estimate of drug-likeness (QED) is 0.536. The van der Waals surface area contributed by atoms with Crippen molar-refractivity contribution in [3.8, 4) is 17.2 Å². The zero-order valence-corrected chi connectivity index (χ0v) is 19.0. The molecule has 0 fully saturated rings. The normalized spacial score (nSPS) is 11.5. The van der Waals surface area contributed by atoms with Crippen molar-refractivity contribution in [3.63, 3.8) is 0 Å². The molecule has 0 aliphatic rings. The molecule has 0 spiro atoms. The number of aryl methyl sites for hydroxylation is 1. The molecule has 2 heterocycles. The van der Waals surface area contributed by atoms with Gasteiger partial charge in [0.15, 0.2) is 4.21 Å². The van der Waals surface area contributed by atoms with E-state index in [4.69, 9.17) is 5.73 Å². The smallest absolute Gasteiger partial charge is 0.334 e. The summed E-state index contributed by atoms with van der Waals surface area (Å²) in [4.78, 5) is 16.1. The second-order valence-electron chi connectivity index (χ2n) is 7.45. The lowest BCUT2D eigenvalue weighted by atomic mass is 10.0. The number of nitriles is 1. The van der Waals surface area contributed by atoms with Crippen molar-refractivity contribution in [2.45, 2.75) is 37.9 Å². The first-order valence-corrected chi connectivity index (χ1v) is 11.7. The van der Waals surface area contributed by atoms with Crippen LogP contribution in [0.5, 0.6) is 0 Å². The number of primary amides is 1. The number of hydrogen-bond acceptors (Lipinski definition) is 7. The third kappa shape index (κ3) is 5.13. The summed E-state index contributed by atoms with van der Waals surface area (Å²) >= 11 is 1.04. The van der Waals surface area contributed by atoms with Crippen LogP contribution in [0.1, 0.15) is 35.7 Å². The molecule has 10 heteroatoms. The summed E-state index contributed by atoms with van der Waals surface area (Å²) in [5.41, 5.74) is 7.07. The van der Waals surface area contributed by atoms with E-state index in [-0.39, 0.29) is 4.21 Å². The molecule has 0 saturated carbocycles. The molecule has 2 aromatic heterocycles. The van der Waals surface area contributed by atoms with Crippen LogP contribution in [0.25, 0.3) is 11.1 Å². The van der Waals surface area contributed by atoms with Crippen LogP contribution in [0.4, 0.5) is 4.79 Å². The molecule has 0 saturated heterocycles. The first-order chi connectivity index (χ1) is 14.6. The number of rotatable bonds is 7. The molecular formula is C21H22N4O4S2. The minimum absolute atomic E-state index is 0.107. The third-order valence-electron chi connectivity index (χ3n) is 4.58. The van der Waals surface area contributed by atoms with Gasteiger partial charge in [-0.2, -0.15) is 13.7 Å². The van der Waals surface area contributed by atoms with Crippen LogP contribution in [0, 0.1) is 24.2 Å². The summed E-state index contributed by atoms with van der Waals surface area (Å²) in [6.07, 6.45) is 2.78. The number of aromatic nitrogens is 2. The lowest BCUT2D eigenvalue weighted by molar-refractivity contribution is 0.213. The Morgan fingerprint density at radius 2 is 2.10 bits per heavy atom. The minimum atomic E-state index is -4.38. The van der Waals surface area contributed by atoms with Gasteiger partial charge in [-0.25, -0.2) is 9.78 Å². The molecule has 1 aromatic carbocycles. The van der Waals surface area contributed by atoms with E-state index in [2.05, 4.69) is 15.2 Å². The van der Waals surface area contributed by atoms with Crippen LogP contribution in [0.2, 0.25) is 0 Å². The van der Waals surface area contributed by atoms with E-state index in [1.54, 1.807) is 30.5 Å². The molecule has 0 unspecified atom stereocenters. The van der Waals surface area contributed by atoms with Gasteiger partial charge in [-0.15, -0.1) is 11.3 Å². The largest absolute Gasteiger partial charge is 0.420 e. The van der Waals surface area contributed by atoms with E-state index >= 15 is 0 Å². The van der Waals surface area contributed by atoms with Gasteiger partial charge < -0.3 is 14.5 Å². The highest BCUT2D eigenvalue weighted by molar-refractivity contribution is 7.89. The molecule has 3 rings (SSSR count). The van der Waals surface area contributed by atoms with Gasteiger partial charge in [0, 0.05) is 22.8 Å². The SMILES string of the molecule is Cc1nccn1Cc1ccc(-c2cc(CC(C)C)sc2S(=O)(=O)OC(N)=O)cc1C#N. The lowest BCUT2D eigenvalue weighted by Crippen LogP contribution is -2.18. The summed E-state index contributed by atoms with van der Waals surface area (Å²) in [5, 5.41) is 9.68. The van der Waals surface area contributed by atoms with E-state index in [0.29, 0.717) is 35.6 Å². The molecule has 8 nitrogen and oxygen atoms in total. The molecule has 1 amide bonds. The van der Waals surface area contributed by atoms with Crippen LogP contribution in [0.3, 0.4) is 0 Å². The van der Waals surface area contributed by atoms with E-state index in [1.165, 1.54) is 0 Å². The number of hydrogen-bond donors (Lipinski definition) is 1. The van der Waals surface area contributed by atoms with Crippen molar-refractivity contribution < 1.29 is 17.4 Å². The van der Waals surface area contributed by atoms with Gasteiger partial charge in [-0.05, 0) is 42.5 Å². The zero-order valence-electron chi connectivity index (χ0n) is 17.3. The Morgan fingerprint density at radius 3 is 2.68 bits per heavy atom. The Balaban J connectivity index is 2.08. The molecule has 0 radical (unpaired) electrons. The summed E-state index contributed by atoms with van der Waals surface area (Å²) in [6.45, 7) is 6.38. The van der Waals surface area contributed by atoms with E-state index in [9.17, 15) is 18.5 Å². The summed E-state index contributed by atoms with van der Waals surface area (Å²) in [7, 11) is -4.38. The fraction of sp³-hybridized carbons (Fsp3) is 0.286. The average Bonchev–Trinajstić information content (AvgIpc) is 3.27. The van der Waals surface area contributed by atoms with Crippen molar-refractivity contribution in [1.82, 2.24) is 9.55 Å². The predicted molar refractivity (Wildman–Crippen MR) is 117 cm³/mol. The molecular weight excluding hydrogens is 436 g/mol. The second-order valence-corrected chi connectivity index (χ2v) is 10.3. The molecule has 0 atom stereocenters. The van der Waals surface area contributed by atoms with Gasteiger partial charge in [-0.1, -0.05) is 26.0 Å². The monoisotopic (exact) mass is 458 g/mol. The number of carbonyl (C=O) groups excluding carboxylic acids is 1. The number of thiophene rings is 1. The molecule has 0 aliphatic carbocycles. The maximum Gasteiger partial charge on any atom is 0.420 e. The molecule has 0 aliphatic heterocycles. The topological polar surface area (TPSA) is 128 Å². The first kappa shape index (κ1) is 22.5. The fourth-order valence-electron chi connectivity index (χ4n) is 3.20. The summed E-state index contributed by atoms with van der Waals surface area (Å²) in [5.74, 6) is 1.12. The van der Waals surface area contributed by atoms with Gasteiger partial charge in [0.2, 0.25) is 0 Å².